The minimum atomic E-state index is -1.11. The Labute approximate surface area is 149 Å². The van der Waals surface area contributed by atoms with Gasteiger partial charge in [0.15, 0.2) is 11.6 Å². The van der Waals surface area contributed by atoms with Crippen LogP contribution in [-0.2, 0) is 14.9 Å². The Balaban J connectivity index is 0.00000261. The molecular weight excluding hydrogens is 344 g/mol. The van der Waals surface area contributed by atoms with E-state index in [0.29, 0.717) is 11.3 Å². The highest BCUT2D eigenvalue weighted by Gasteiger charge is 2.36. The van der Waals surface area contributed by atoms with Crippen LogP contribution in [0.5, 0.6) is 0 Å². The number of methoxy groups -OCH3 is 1. The van der Waals surface area contributed by atoms with Crippen LogP contribution in [0.25, 0.3) is 5.57 Å². The molecule has 1 aromatic carbocycles. The van der Waals surface area contributed by atoms with Crippen LogP contribution in [0, 0.1) is 11.6 Å². The number of esters is 1. The topological polar surface area (TPSA) is 75.3 Å². The van der Waals surface area contributed by atoms with E-state index in [-0.39, 0.29) is 19.1 Å². The number of nitrogens with zero attached hydrogens (tertiary/aromatic N) is 2. The lowest BCUT2D eigenvalue weighted by atomic mass is 9.86. The van der Waals surface area contributed by atoms with Gasteiger partial charge in [-0.25, -0.2) is 13.6 Å². The minimum Gasteiger partial charge on any atom is -0.465 e. The van der Waals surface area contributed by atoms with E-state index in [2.05, 4.69) is 10.2 Å². The second-order valence-electron chi connectivity index (χ2n) is 6.64. The normalized spacial score (nSPS) is 15.7. The molecule has 0 spiro atoms. The zero-order valence-electron chi connectivity index (χ0n) is 14.5. The van der Waals surface area contributed by atoms with Gasteiger partial charge in [0.25, 0.3) is 5.91 Å². The van der Waals surface area contributed by atoms with Gasteiger partial charge in [-0.1, -0.05) is 13.8 Å². The number of benzene rings is 1. The molecule has 0 unspecified atom stereocenters. The van der Waals surface area contributed by atoms with Crippen molar-refractivity contribution in [3.63, 3.8) is 0 Å². The van der Waals surface area contributed by atoms with Gasteiger partial charge >= 0.3 is 5.97 Å². The highest BCUT2D eigenvalue weighted by atomic mass is 19.2. The Morgan fingerprint density at radius 2 is 2.04 bits per heavy atom. The first-order valence-corrected chi connectivity index (χ1v) is 7.85. The average molecular weight is 363 g/mol. The van der Waals surface area contributed by atoms with Crippen LogP contribution in [0.4, 0.5) is 8.78 Å². The Kier molecular flexibility index (Phi) is 4.35. The first kappa shape index (κ1) is 17.8. The van der Waals surface area contributed by atoms with Crippen molar-refractivity contribution in [2.24, 2.45) is 0 Å². The summed E-state index contributed by atoms with van der Waals surface area (Å²) in [6, 6.07) is 2.93. The zero-order valence-corrected chi connectivity index (χ0v) is 14.5. The number of rotatable bonds is 2. The van der Waals surface area contributed by atoms with E-state index in [4.69, 9.17) is 4.74 Å². The fourth-order valence-electron chi connectivity index (χ4n) is 2.98. The van der Waals surface area contributed by atoms with Gasteiger partial charge < -0.3 is 9.64 Å². The van der Waals surface area contributed by atoms with E-state index in [9.17, 15) is 18.4 Å². The van der Waals surface area contributed by atoms with Gasteiger partial charge in [-0.2, -0.15) is 5.10 Å². The number of hydrogen-bond donors (Lipinski definition) is 1. The lowest BCUT2D eigenvalue weighted by Gasteiger charge is -2.28. The lowest BCUT2D eigenvalue weighted by molar-refractivity contribution is -0.133. The van der Waals surface area contributed by atoms with E-state index in [1.54, 1.807) is 0 Å². The summed E-state index contributed by atoms with van der Waals surface area (Å²) >= 11 is 0. The Morgan fingerprint density at radius 3 is 2.69 bits per heavy atom. The number of nitrogens with one attached hydrogen (secondary N) is 1. The van der Waals surface area contributed by atoms with Crippen LogP contribution in [0.2, 0.25) is 0 Å². The summed E-state index contributed by atoms with van der Waals surface area (Å²) in [6.45, 7) is 3.95. The van der Waals surface area contributed by atoms with Crippen molar-refractivity contribution >= 4 is 17.4 Å². The number of H-pyrrole nitrogens is 1. The zero-order chi connectivity index (χ0) is 19.1. The van der Waals surface area contributed by atoms with Crippen LogP contribution in [0.1, 0.15) is 36.9 Å². The molecule has 2 aromatic rings. The minimum absolute atomic E-state index is 0. The van der Waals surface area contributed by atoms with Crippen molar-refractivity contribution in [1.82, 2.24) is 15.1 Å². The second kappa shape index (κ2) is 6.36. The number of aromatic nitrogens is 2. The van der Waals surface area contributed by atoms with Gasteiger partial charge in [0.2, 0.25) is 0 Å². The third-order valence-corrected chi connectivity index (χ3v) is 4.29. The average Bonchev–Trinajstić information content (AvgIpc) is 3.06. The second-order valence-corrected chi connectivity index (χ2v) is 6.64. The molecule has 0 saturated heterocycles. The maximum atomic E-state index is 13.5. The van der Waals surface area contributed by atoms with Crippen molar-refractivity contribution < 1.29 is 24.5 Å². The quantitative estimate of drug-likeness (QED) is 0.833. The van der Waals surface area contributed by atoms with E-state index >= 15 is 0 Å². The number of halogens is 2. The molecule has 0 radical (unpaired) electrons. The van der Waals surface area contributed by atoms with Crippen molar-refractivity contribution in [3.05, 3.63) is 59.1 Å². The molecular formula is C18H19F2N3O3. The third-order valence-electron chi connectivity index (χ3n) is 4.29. The largest absolute Gasteiger partial charge is 0.465 e. The molecule has 0 aliphatic carbocycles. The molecule has 2 heterocycles. The fourth-order valence-corrected chi connectivity index (χ4v) is 2.98. The summed E-state index contributed by atoms with van der Waals surface area (Å²) in [5, 5.41) is 6.86. The highest BCUT2D eigenvalue weighted by molar-refractivity contribution is 6.17. The van der Waals surface area contributed by atoms with Crippen molar-refractivity contribution in [3.8, 4) is 0 Å². The van der Waals surface area contributed by atoms with Gasteiger partial charge in [0, 0.05) is 30.7 Å². The lowest BCUT2D eigenvalue weighted by Crippen LogP contribution is -2.37. The summed E-state index contributed by atoms with van der Waals surface area (Å²) < 4.78 is 31.5. The number of aromatic amines is 1. The number of fused-ring (bicyclic) bond motifs is 1. The standard InChI is InChI=1S/C18H17F2N3O3.H2/c1-18(2)9-23(16(24)10-4-5-13(19)14(20)6-10)8-12(17(25)26-3)11-7-21-22-15(11)18;/h4-8H,9H2,1-3H3,(H,21,22);1H. The monoisotopic (exact) mass is 363 g/mol. The predicted molar refractivity (Wildman–Crippen MR) is 91.1 cm³/mol. The molecule has 26 heavy (non-hydrogen) atoms. The Bertz CT molecular complexity index is 924. The van der Waals surface area contributed by atoms with E-state index < -0.39 is 28.9 Å². The molecule has 0 atom stereocenters. The SMILES string of the molecule is COC(=O)C1=CN(C(=O)c2ccc(F)c(F)c2)CC(C)(C)c2[nH]ncc21.[HH]. The van der Waals surface area contributed by atoms with Gasteiger partial charge in [-0.15, -0.1) is 0 Å². The summed E-state index contributed by atoms with van der Waals surface area (Å²) in [5.41, 5.74) is 0.755. The van der Waals surface area contributed by atoms with Gasteiger partial charge in [-0.05, 0) is 18.2 Å². The Hall–Kier alpha value is -3.03. The maximum absolute atomic E-state index is 13.5. The van der Waals surface area contributed by atoms with Crippen LogP contribution in [0.15, 0.2) is 30.6 Å². The molecule has 8 heteroatoms. The van der Waals surface area contributed by atoms with E-state index in [1.165, 1.54) is 30.5 Å². The molecule has 1 amide bonds. The van der Waals surface area contributed by atoms with Gasteiger partial charge in [0.1, 0.15) is 0 Å². The van der Waals surface area contributed by atoms with E-state index in [0.717, 1.165) is 12.1 Å². The summed E-state index contributed by atoms with van der Waals surface area (Å²) in [6.07, 6.45) is 2.85. The molecule has 0 fully saturated rings. The van der Waals surface area contributed by atoms with Crippen LogP contribution >= 0.6 is 0 Å². The molecule has 1 aliphatic heterocycles. The Morgan fingerprint density at radius 1 is 1.31 bits per heavy atom. The fraction of sp³-hybridized carbons (Fsp3) is 0.278. The maximum Gasteiger partial charge on any atom is 0.340 e. The number of carbonyl (C=O) groups is 2. The summed E-state index contributed by atoms with van der Waals surface area (Å²) in [4.78, 5) is 26.4. The molecule has 3 rings (SSSR count). The van der Waals surface area contributed by atoms with Crippen LogP contribution in [0.3, 0.4) is 0 Å². The smallest absolute Gasteiger partial charge is 0.340 e. The molecule has 6 nitrogen and oxygen atoms in total. The van der Waals surface area contributed by atoms with Gasteiger partial charge in [-0.3, -0.25) is 9.89 Å². The number of amides is 1. The first-order chi connectivity index (χ1) is 12.2. The number of ether oxygens (including phenoxy) is 1. The molecule has 1 N–H and O–H groups in total. The number of carbonyl (C=O) groups excluding carboxylic acids is 2. The van der Waals surface area contributed by atoms with Gasteiger partial charge in [0.05, 0.1) is 24.6 Å². The third kappa shape index (κ3) is 2.98. The van der Waals surface area contributed by atoms with Crippen LogP contribution < -0.4 is 0 Å². The van der Waals surface area contributed by atoms with Crippen LogP contribution in [-0.4, -0.2) is 40.6 Å². The molecule has 1 aliphatic rings. The number of hydrogen-bond acceptors (Lipinski definition) is 4. The van der Waals surface area contributed by atoms with Crippen molar-refractivity contribution in [1.29, 1.82) is 0 Å². The molecule has 0 saturated carbocycles. The van der Waals surface area contributed by atoms with E-state index in [1.807, 2.05) is 13.8 Å². The first-order valence-electron chi connectivity index (χ1n) is 7.85. The summed E-state index contributed by atoms with van der Waals surface area (Å²) in [7, 11) is 1.24. The molecule has 138 valence electrons. The van der Waals surface area contributed by atoms with Crippen molar-refractivity contribution in [2.45, 2.75) is 19.3 Å². The summed E-state index contributed by atoms with van der Waals surface area (Å²) in [5.74, 6) is -3.34. The highest BCUT2D eigenvalue weighted by Crippen LogP contribution is 2.34. The molecule has 0 bridgehead atoms. The molecule has 1 aromatic heterocycles. The van der Waals surface area contributed by atoms with Crippen molar-refractivity contribution in [2.75, 3.05) is 13.7 Å². The predicted octanol–water partition coefficient (Wildman–Crippen LogP) is 2.88.